The number of halogens is 2. The van der Waals surface area contributed by atoms with Crippen LogP contribution >= 0.6 is 23.2 Å². The van der Waals surface area contributed by atoms with E-state index in [9.17, 15) is 13.2 Å². The van der Waals surface area contributed by atoms with Crippen LogP contribution < -0.4 is 10.1 Å². The van der Waals surface area contributed by atoms with Gasteiger partial charge in [0.05, 0.1) is 22.7 Å². The summed E-state index contributed by atoms with van der Waals surface area (Å²) in [6, 6.07) is 9.48. The first kappa shape index (κ1) is 21.4. The van der Waals surface area contributed by atoms with Crippen molar-refractivity contribution in [3.05, 3.63) is 57.6 Å². The SMILES string of the molecule is O=C(NC1CCOc2c(Cl)cccc21)c1ccc(Cl)c(S(=O)(=O)N2CCCCC2)c1. The molecule has 1 N–H and O–H groups in total. The molecule has 2 aliphatic heterocycles. The van der Waals surface area contributed by atoms with E-state index in [1.165, 1.54) is 22.5 Å². The predicted molar refractivity (Wildman–Crippen MR) is 116 cm³/mol. The van der Waals surface area contributed by atoms with Crippen LogP contribution in [0.15, 0.2) is 41.3 Å². The molecule has 4 rings (SSSR count). The number of piperidine rings is 1. The Labute approximate surface area is 186 Å². The van der Waals surface area contributed by atoms with Gasteiger partial charge in [0.15, 0.2) is 0 Å². The van der Waals surface area contributed by atoms with Crippen LogP contribution in [0.25, 0.3) is 0 Å². The molecule has 6 nitrogen and oxygen atoms in total. The molecule has 0 spiro atoms. The topological polar surface area (TPSA) is 75.7 Å². The average Bonchev–Trinajstić information content (AvgIpc) is 2.75. The standard InChI is InChI=1S/C21H22Cl2N2O4S/c22-16-8-7-14(13-19(16)30(27,28)25-10-2-1-3-11-25)21(26)24-18-9-12-29-20-15(18)5-4-6-17(20)23/h4-8,13,18H,1-3,9-12H2,(H,24,26). The van der Waals surface area contributed by atoms with Gasteiger partial charge in [-0.25, -0.2) is 8.42 Å². The van der Waals surface area contributed by atoms with Crippen LogP contribution in [0.5, 0.6) is 5.75 Å². The van der Waals surface area contributed by atoms with Crippen molar-refractivity contribution in [3.63, 3.8) is 0 Å². The number of ether oxygens (including phenoxy) is 1. The molecule has 0 bridgehead atoms. The molecule has 0 radical (unpaired) electrons. The van der Waals surface area contributed by atoms with Gasteiger partial charge in [-0.05, 0) is 37.1 Å². The van der Waals surface area contributed by atoms with Crippen molar-refractivity contribution < 1.29 is 17.9 Å². The van der Waals surface area contributed by atoms with Crippen LogP contribution in [-0.2, 0) is 10.0 Å². The van der Waals surface area contributed by atoms with Gasteiger partial charge >= 0.3 is 0 Å². The van der Waals surface area contributed by atoms with Crippen LogP contribution in [0, 0.1) is 0 Å². The van der Waals surface area contributed by atoms with Crippen LogP contribution in [-0.4, -0.2) is 38.3 Å². The van der Waals surface area contributed by atoms with Crippen molar-refractivity contribution >= 4 is 39.1 Å². The number of hydrogen-bond donors (Lipinski definition) is 1. The van der Waals surface area contributed by atoms with E-state index in [0.29, 0.717) is 36.9 Å². The van der Waals surface area contributed by atoms with E-state index in [-0.39, 0.29) is 27.4 Å². The second kappa shape index (κ2) is 8.75. The Kier molecular flexibility index (Phi) is 6.25. The fourth-order valence-electron chi connectivity index (χ4n) is 3.86. The first-order chi connectivity index (χ1) is 14.4. The van der Waals surface area contributed by atoms with Crippen molar-refractivity contribution in [2.24, 2.45) is 0 Å². The lowest BCUT2D eigenvalue weighted by atomic mass is 10.00. The highest BCUT2D eigenvalue weighted by Gasteiger charge is 2.30. The predicted octanol–water partition coefficient (Wildman–Crippen LogP) is 4.42. The molecule has 160 valence electrons. The number of carbonyl (C=O) groups is 1. The lowest BCUT2D eigenvalue weighted by Crippen LogP contribution is -2.36. The maximum atomic E-state index is 13.1. The number of benzene rings is 2. The van der Waals surface area contributed by atoms with E-state index in [4.69, 9.17) is 27.9 Å². The third kappa shape index (κ3) is 4.17. The van der Waals surface area contributed by atoms with Gasteiger partial charge in [-0.3, -0.25) is 4.79 Å². The summed E-state index contributed by atoms with van der Waals surface area (Å²) < 4.78 is 33.2. The Morgan fingerprint density at radius 1 is 1.07 bits per heavy atom. The van der Waals surface area contributed by atoms with E-state index in [0.717, 1.165) is 24.8 Å². The van der Waals surface area contributed by atoms with Gasteiger partial charge in [0.25, 0.3) is 5.91 Å². The van der Waals surface area contributed by atoms with E-state index in [2.05, 4.69) is 5.32 Å². The molecule has 9 heteroatoms. The number of fused-ring (bicyclic) bond motifs is 1. The lowest BCUT2D eigenvalue weighted by Gasteiger charge is -2.28. The summed E-state index contributed by atoms with van der Waals surface area (Å²) in [5, 5.41) is 3.57. The maximum absolute atomic E-state index is 13.1. The summed E-state index contributed by atoms with van der Waals surface area (Å²) in [5.74, 6) is 0.194. The Morgan fingerprint density at radius 3 is 2.60 bits per heavy atom. The number of nitrogens with zero attached hydrogens (tertiary/aromatic N) is 1. The van der Waals surface area contributed by atoms with Gasteiger partial charge in [0.2, 0.25) is 10.0 Å². The highest BCUT2D eigenvalue weighted by atomic mass is 35.5. The molecule has 0 aromatic heterocycles. The Balaban J connectivity index is 1.59. The van der Waals surface area contributed by atoms with Crippen molar-refractivity contribution in [2.75, 3.05) is 19.7 Å². The molecule has 1 amide bonds. The fraction of sp³-hybridized carbons (Fsp3) is 0.381. The molecule has 2 heterocycles. The monoisotopic (exact) mass is 468 g/mol. The van der Waals surface area contributed by atoms with Gasteiger partial charge in [0, 0.05) is 30.6 Å². The Hall–Kier alpha value is -1.80. The molecule has 30 heavy (non-hydrogen) atoms. The normalized spacial score (nSPS) is 19.6. The second-order valence-electron chi connectivity index (χ2n) is 7.43. The van der Waals surface area contributed by atoms with E-state index in [1.807, 2.05) is 6.07 Å². The van der Waals surface area contributed by atoms with Gasteiger partial charge < -0.3 is 10.1 Å². The number of amides is 1. The largest absolute Gasteiger partial charge is 0.492 e. The highest BCUT2D eigenvalue weighted by Crippen LogP contribution is 2.37. The first-order valence-corrected chi connectivity index (χ1v) is 12.1. The quantitative estimate of drug-likeness (QED) is 0.720. The zero-order valence-electron chi connectivity index (χ0n) is 16.2. The van der Waals surface area contributed by atoms with Gasteiger partial charge in [-0.2, -0.15) is 4.31 Å². The second-order valence-corrected chi connectivity index (χ2v) is 10.2. The van der Waals surface area contributed by atoms with Crippen LogP contribution in [0.2, 0.25) is 10.0 Å². The summed E-state index contributed by atoms with van der Waals surface area (Å²) in [6.45, 7) is 1.36. The van der Waals surface area contributed by atoms with E-state index >= 15 is 0 Å². The van der Waals surface area contributed by atoms with Crippen LogP contribution in [0.3, 0.4) is 0 Å². The maximum Gasteiger partial charge on any atom is 0.251 e. The molecule has 1 fully saturated rings. The minimum Gasteiger partial charge on any atom is -0.492 e. The third-order valence-corrected chi connectivity index (χ3v) is 8.14. The first-order valence-electron chi connectivity index (χ1n) is 9.90. The number of sulfonamides is 1. The molecule has 1 atom stereocenters. The van der Waals surface area contributed by atoms with Crippen molar-refractivity contribution in [2.45, 2.75) is 36.6 Å². The zero-order valence-corrected chi connectivity index (χ0v) is 18.6. The smallest absolute Gasteiger partial charge is 0.251 e. The summed E-state index contributed by atoms with van der Waals surface area (Å²) in [4.78, 5) is 12.9. The van der Waals surface area contributed by atoms with Gasteiger partial charge in [-0.1, -0.05) is 41.8 Å². The lowest BCUT2D eigenvalue weighted by molar-refractivity contribution is 0.0924. The summed E-state index contributed by atoms with van der Waals surface area (Å²) in [6.07, 6.45) is 3.25. The summed E-state index contributed by atoms with van der Waals surface area (Å²) >= 11 is 12.4. The summed E-state index contributed by atoms with van der Waals surface area (Å²) in [5.41, 5.74) is 1.04. The van der Waals surface area contributed by atoms with Gasteiger partial charge in [0.1, 0.15) is 10.6 Å². The summed E-state index contributed by atoms with van der Waals surface area (Å²) in [7, 11) is -3.75. The van der Waals surface area contributed by atoms with E-state index < -0.39 is 10.0 Å². The zero-order chi connectivity index (χ0) is 21.3. The molecular weight excluding hydrogens is 447 g/mol. The number of nitrogens with one attached hydrogen (secondary N) is 1. The number of para-hydroxylation sites is 1. The minimum absolute atomic E-state index is 0.0332. The van der Waals surface area contributed by atoms with Crippen LogP contribution in [0.1, 0.15) is 47.6 Å². The van der Waals surface area contributed by atoms with Crippen LogP contribution in [0.4, 0.5) is 0 Å². The third-order valence-electron chi connectivity index (χ3n) is 5.46. The molecule has 1 saturated heterocycles. The van der Waals surface area contributed by atoms with Crippen molar-refractivity contribution in [1.29, 1.82) is 0 Å². The Morgan fingerprint density at radius 2 is 1.83 bits per heavy atom. The number of carbonyl (C=O) groups excluding carboxylic acids is 1. The molecule has 2 aliphatic rings. The fourth-order valence-corrected chi connectivity index (χ4v) is 6.12. The van der Waals surface area contributed by atoms with E-state index in [1.54, 1.807) is 12.1 Å². The molecule has 0 aliphatic carbocycles. The molecule has 1 unspecified atom stereocenters. The minimum atomic E-state index is -3.75. The average molecular weight is 469 g/mol. The van der Waals surface area contributed by atoms with Crippen molar-refractivity contribution in [3.8, 4) is 5.75 Å². The van der Waals surface area contributed by atoms with Gasteiger partial charge in [-0.15, -0.1) is 0 Å². The van der Waals surface area contributed by atoms with Crippen molar-refractivity contribution in [1.82, 2.24) is 9.62 Å². The number of hydrogen-bond acceptors (Lipinski definition) is 4. The molecule has 2 aromatic rings. The molecule has 0 saturated carbocycles. The molecule has 2 aromatic carbocycles. The highest BCUT2D eigenvalue weighted by molar-refractivity contribution is 7.89. The molecular formula is C21H22Cl2N2O4S. The Bertz CT molecular complexity index is 1070. The number of rotatable bonds is 4.